The van der Waals surface area contributed by atoms with Crippen molar-refractivity contribution in [2.45, 2.75) is 50.3 Å². The van der Waals surface area contributed by atoms with Crippen LogP contribution in [-0.2, 0) is 23.8 Å². The smallest absolute Gasteiger partial charge is 0.424 e. The van der Waals surface area contributed by atoms with Gasteiger partial charge in [-0.1, -0.05) is 6.92 Å². The highest BCUT2D eigenvalue weighted by Crippen LogP contribution is 2.34. The first-order chi connectivity index (χ1) is 12.4. The van der Waals surface area contributed by atoms with E-state index in [0.717, 1.165) is 0 Å². The molecule has 0 aromatic rings. The molecule has 3 heterocycles. The van der Waals surface area contributed by atoms with Gasteiger partial charge in [-0.05, 0) is 12.5 Å². The van der Waals surface area contributed by atoms with Crippen molar-refractivity contribution in [1.82, 2.24) is 10.4 Å². The van der Waals surface area contributed by atoms with Crippen molar-refractivity contribution in [3.63, 3.8) is 0 Å². The molecule has 3 aliphatic heterocycles. The Hall–Kier alpha value is -2.41. The van der Waals surface area contributed by atoms with E-state index in [0.29, 0.717) is 6.42 Å². The average Bonchev–Trinajstić information content (AvgIpc) is 3.16. The number of rotatable bonds is 4. The lowest BCUT2D eigenvalue weighted by atomic mass is 10.1. The van der Waals surface area contributed by atoms with Gasteiger partial charge >= 0.3 is 12.1 Å². The highest BCUT2D eigenvalue weighted by molar-refractivity contribution is 5.93. The Morgan fingerprint density at radius 3 is 2.88 bits per heavy atom. The van der Waals surface area contributed by atoms with Crippen LogP contribution in [0.15, 0.2) is 17.3 Å². The minimum atomic E-state index is -1.41. The molecule has 5 N–H and O–H groups in total. The molecule has 12 nitrogen and oxygen atoms in total. The van der Waals surface area contributed by atoms with Gasteiger partial charge in [-0.2, -0.15) is 0 Å². The summed E-state index contributed by atoms with van der Waals surface area (Å²) in [6.45, 7) is 1.35. The Morgan fingerprint density at radius 2 is 2.23 bits per heavy atom. The van der Waals surface area contributed by atoms with E-state index in [9.17, 15) is 19.8 Å². The minimum Gasteiger partial charge on any atom is -0.424 e. The Balaban J connectivity index is 1.62. The first kappa shape index (κ1) is 18.4. The third-order valence-electron chi connectivity index (χ3n) is 4.15. The molecule has 2 saturated heterocycles. The SMILES string of the molecule is CC[C@@H](N)C(=O)ONC1=NC(O)N([C@@H]2O[C@H](CO)[C@H]3OC(=O)O[C@H]32)C=C1. The predicted molar refractivity (Wildman–Crippen MR) is 82.8 cm³/mol. The highest BCUT2D eigenvalue weighted by Gasteiger charge is 2.56. The molecule has 0 aliphatic carbocycles. The number of nitrogens with zero attached hydrogens (tertiary/aromatic N) is 2. The second-order valence-electron chi connectivity index (χ2n) is 5.82. The number of carbonyl (C=O) groups excluding carboxylic acids is 2. The summed E-state index contributed by atoms with van der Waals surface area (Å²) >= 11 is 0. The van der Waals surface area contributed by atoms with Crippen molar-refractivity contribution in [1.29, 1.82) is 0 Å². The van der Waals surface area contributed by atoms with Gasteiger partial charge in [-0.3, -0.25) is 0 Å². The summed E-state index contributed by atoms with van der Waals surface area (Å²) in [5, 5.41) is 19.6. The van der Waals surface area contributed by atoms with Gasteiger partial charge in [0.1, 0.15) is 12.1 Å². The second kappa shape index (κ2) is 7.45. The maximum atomic E-state index is 11.5. The average molecular weight is 372 g/mol. The first-order valence-corrected chi connectivity index (χ1v) is 8.02. The van der Waals surface area contributed by atoms with Gasteiger partial charge in [0.15, 0.2) is 24.3 Å². The van der Waals surface area contributed by atoms with Crippen LogP contribution in [-0.4, -0.2) is 76.6 Å². The van der Waals surface area contributed by atoms with Crippen LogP contribution in [0.4, 0.5) is 4.79 Å². The summed E-state index contributed by atoms with van der Waals surface area (Å²) in [4.78, 5) is 32.8. The number of carbonyl (C=O) groups is 2. The van der Waals surface area contributed by atoms with Gasteiger partial charge in [-0.15, -0.1) is 0 Å². The number of nitrogens with one attached hydrogen (secondary N) is 1. The third kappa shape index (κ3) is 3.44. The molecule has 0 spiro atoms. The number of hydrogen-bond donors (Lipinski definition) is 4. The van der Waals surface area contributed by atoms with E-state index in [2.05, 4.69) is 10.5 Å². The Kier molecular flexibility index (Phi) is 5.27. The second-order valence-corrected chi connectivity index (χ2v) is 5.82. The van der Waals surface area contributed by atoms with Crippen LogP contribution in [0.5, 0.6) is 0 Å². The van der Waals surface area contributed by atoms with Crippen LogP contribution in [0.25, 0.3) is 0 Å². The fraction of sp³-hybridized carbons (Fsp3) is 0.643. The number of aliphatic hydroxyl groups excluding tert-OH is 2. The number of hydrogen-bond acceptors (Lipinski definition) is 12. The van der Waals surface area contributed by atoms with Crippen molar-refractivity contribution in [3.05, 3.63) is 12.3 Å². The molecular weight excluding hydrogens is 352 g/mol. The van der Waals surface area contributed by atoms with Gasteiger partial charge in [0.05, 0.1) is 6.61 Å². The fourth-order valence-corrected chi connectivity index (χ4v) is 2.70. The molecular formula is C14H20N4O8. The van der Waals surface area contributed by atoms with E-state index in [1.54, 1.807) is 6.92 Å². The molecule has 12 heteroatoms. The van der Waals surface area contributed by atoms with Crippen molar-refractivity contribution >= 4 is 18.0 Å². The Labute approximate surface area is 148 Å². The third-order valence-corrected chi connectivity index (χ3v) is 4.15. The number of aliphatic hydroxyl groups is 2. The zero-order valence-corrected chi connectivity index (χ0v) is 13.8. The zero-order chi connectivity index (χ0) is 18.8. The number of hydroxylamine groups is 1. The molecule has 3 aliphatic rings. The Morgan fingerprint density at radius 1 is 1.50 bits per heavy atom. The first-order valence-electron chi connectivity index (χ1n) is 8.02. The summed E-state index contributed by atoms with van der Waals surface area (Å²) in [6.07, 6.45) is -2.33. The summed E-state index contributed by atoms with van der Waals surface area (Å²) in [5.41, 5.74) is 7.84. The lowest BCUT2D eigenvalue weighted by molar-refractivity contribution is -0.150. The van der Waals surface area contributed by atoms with E-state index in [-0.39, 0.29) is 12.4 Å². The molecule has 0 bridgehead atoms. The van der Waals surface area contributed by atoms with Gasteiger partial charge in [0, 0.05) is 6.20 Å². The van der Waals surface area contributed by atoms with Gasteiger partial charge < -0.3 is 39.9 Å². The van der Waals surface area contributed by atoms with Crippen molar-refractivity contribution in [3.8, 4) is 0 Å². The normalized spacial score (nSPS) is 33.8. The van der Waals surface area contributed by atoms with E-state index in [1.165, 1.54) is 17.2 Å². The molecule has 3 rings (SSSR count). The summed E-state index contributed by atoms with van der Waals surface area (Å²) in [7, 11) is 0. The molecule has 0 saturated carbocycles. The lowest BCUT2D eigenvalue weighted by Gasteiger charge is -2.33. The van der Waals surface area contributed by atoms with Gasteiger partial charge in [-0.25, -0.2) is 20.1 Å². The van der Waals surface area contributed by atoms with Crippen LogP contribution in [0.1, 0.15) is 13.3 Å². The van der Waals surface area contributed by atoms with Crippen molar-refractivity contribution in [2.75, 3.05) is 6.61 Å². The number of amidine groups is 1. The summed E-state index contributed by atoms with van der Waals surface area (Å²) in [6, 6.07) is -0.770. The van der Waals surface area contributed by atoms with Gasteiger partial charge in [0.2, 0.25) is 6.35 Å². The van der Waals surface area contributed by atoms with Crippen LogP contribution in [0.3, 0.4) is 0 Å². The monoisotopic (exact) mass is 372 g/mol. The van der Waals surface area contributed by atoms with E-state index < -0.39 is 49.1 Å². The zero-order valence-electron chi connectivity index (χ0n) is 13.8. The molecule has 2 fully saturated rings. The van der Waals surface area contributed by atoms with E-state index in [1.807, 2.05) is 0 Å². The number of fused-ring (bicyclic) bond motifs is 1. The minimum absolute atomic E-state index is 0.0818. The molecule has 0 aromatic heterocycles. The lowest BCUT2D eigenvalue weighted by Crippen LogP contribution is -2.48. The van der Waals surface area contributed by atoms with Crippen LogP contribution >= 0.6 is 0 Å². The van der Waals surface area contributed by atoms with Gasteiger partial charge in [0.25, 0.3) is 0 Å². The number of nitrogens with two attached hydrogens (primary N) is 1. The molecule has 6 atom stereocenters. The maximum Gasteiger partial charge on any atom is 0.509 e. The predicted octanol–water partition coefficient (Wildman–Crippen LogP) is -2.10. The van der Waals surface area contributed by atoms with E-state index >= 15 is 0 Å². The molecule has 26 heavy (non-hydrogen) atoms. The molecule has 0 aromatic carbocycles. The highest BCUT2D eigenvalue weighted by atomic mass is 16.8. The van der Waals surface area contributed by atoms with Crippen molar-refractivity contribution < 1.29 is 38.9 Å². The Bertz CT molecular complexity index is 626. The van der Waals surface area contributed by atoms with Crippen LogP contribution in [0.2, 0.25) is 0 Å². The largest absolute Gasteiger partial charge is 0.509 e. The summed E-state index contributed by atoms with van der Waals surface area (Å²) in [5.74, 6) is -0.582. The molecule has 1 unspecified atom stereocenters. The molecule has 0 radical (unpaired) electrons. The molecule has 0 amide bonds. The van der Waals surface area contributed by atoms with Crippen molar-refractivity contribution in [2.24, 2.45) is 10.7 Å². The fourth-order valence-electron chi connectivity index (χ4n) is 2.70. The topological polar surface area (TPSA) is 165 Å². The molecule has 144 valence electrons. The number of aliphatic imine (C=N–C) groups is 1. The standard InChI is InChI=1S/C14H20N4O8/c1-2-6(15)12(20)26-17-8-3-4-18(13(21)16-8)11-10-9(7(5-19)23-11)24-14(22)25-10/h3-4,6-7,9-11,13,19,21H,2,5,15H2,1H3,(H,16,17)/t6-,7-,9-,10-,11-,13?/m1/s1. The maximum absolute atomic E-state index is 11.5. The number of ether oxygens (including phenoxy) is 3. The van der Waals surface area contributed by atoms with Crippen LogP contribution < -0.4 is 11.2 Å². The van der Waals surface area contributed by atoms with E-state index in [4.69, 9.17) is 24.8 Å². The quantitative estimate of drug-likeness (QED) is 0.315. The summed E-state index contributed by atoms with van der Waals surface area (Å²) < 4.78 is 15.6. The van der Waals surface area contributed by atoms with Crippen LogP contribution in [0, 0.1) is 0 Å².